The van der Waals surface area contributed by atoms with Gasteiger partial charge in [-0.2, -0.15) is 0 Å². The second-order valence-corrected chi connectivity index (χ2v) is 9.07. The van der Waals surface area contributed by atoms with Crippen molar-refractivity contribution in [3.63, 3.8) is 0 Å². The minimum absolute atomic E-state index is 0.0420. The number of aryl methyl sites for hydroxylation is 1. The van der Waals surface area contributed by atoms with E-state index in [0.717, 1.165) is 47.0 Å². The monoisotopic (exact) mass is 433 g/mol. The molecule has 3 atom stereocenters. The molecule has 7 nitrogen and oxygen atoms in total. The van der Waals surface area contributed by atoms with Gasteiger partial charge in [-0.15, -0.1) is 0 Å². The van der Waals surface area contributed by atoms with Gasteiger partial charge in [0.2, 0.25) is 5.91 Å². The van der Waals surface area contributed by atoms with Crippen LogP contribution in [0, 0.1) is 18.8 Å². The minimum atomic E-state index is -0.538. The fourth-order valence-electron chi connectivity index (χ4n) is 4.16. The molecule has 3 heterocycles. The van der Waals surface area contributed by atoms with Crippen LogP contribution in [-0.2, 0) is 4.79 Å². The number of fused-ring (bicyclic) bond motifs is 1. The van der Waals surface area contributed by atoms with Crippen molar-refractivity contribution in [3.05, 3.63) is 48.0 Å². The van der Waals surface area contributed by atoms with Crippen molar-refractivity contribution < 1.29 is 9.90 Å². The van der Waals surface area contributed by atoms with Crippen molar-refractivity contribution in [1.82, 2.24) is 19.9 Å². The summed E-state index contributed by atoms with van der Waals surface area (Å²) in [5.41, 5.74) is 3.45. The molecule has 1 fully saturated rings. The summed E-state index contributed by atoms with van der Waals surface area (Å²) in [6, 6.07) is 5.77. The molecule has 4 rings (SSSR count). The molecule has 168 valence electrons. The molecule has 1 aliphatic rings. The van der Waals surface area contributed by atoms with E-state index < -0.39 is 6.10 Å². The molecule has 1 saturated carbocycles. The highest BCUT2D eigenvalue weighted by Crippen LogP contribution is 2.39. The van der Waals surface area contributed by atoms with Crippen LogP contribution < -0.4 is 5.32 Å². The zero-order chi connectivity index (χ0) is 22.8. The van der Waals surface area contributed by atoms with Crippen LogP contribution in [0.5, 0.6) is 0 Å². The molecule has 7 heteroatoms. The van der Waals surface area contributed by atoms with Gasteiger partial charge < -0.3 is 15.3 Å². The predicted octanol–water partition coefficient (Wildman–Crippen LogP) is 3.97. The van der Waals surface area contributed by atoms with Crippen LogP contribution in [0.3, 0.4) is 0 Å². The highest BCUT2D eigenvalue weighted by Gasteiger charge is 2.43. The van der Waals surface area contributed by atoms with Gasteiger partial charge in [0.1, 0.15) is 5.82 Å². The van der Waals surface area contributed by atoms with Crippen LogP contribution in [0.1, 0.15) is 43.5 Å². The maximum absolute atomic E-state index is 12.5. The summed E-state index contributed by atoms with van der Waals surface area (Å²) >= 11 is 0. The Labute approximate surface area is 188 Å². The maximum atomic E-state index is 12.5. The Morgan fingerprint density at radius 1 is 1.16 bits per heavy atom. The quantitative estimate of drug-likeness (QED) is 0.559. The third kappa shape index (κ3) is 4.95. The highest BCUT2D eigenvalue weighted by atomic mass is 16.3. The van der Waals surface area contributed by atoms with Crippen LogP contribution in [-0.4, -0.2) is 51.5 Å². The molecular formula is C25H31N5O2. The minimum Gasteiger partial charge on any atom is -0.387 e. The van der Waals surface area contributed by atoms with E-state index in [1.54, 1.807) is 18.6 Å². The number of nitrogens with zero attached hydrogens (tertiary/aromatic N) is 4. The standard InChI is InChI=1S/C25H31N5O2/c1-5-6-23(31)22-7-15(2)20(13-27-22)21-9-16-12-28-24(10-17(16)11-26-21)29-25(32)19-8-18(19)14-30(3)4/h7,9-13,18-19,23,31H,5-6,8,14H2,1-4H3,(H,28,29,32)/t18-,19+,23+/m0/s1. The van der Waals surface area contributed by atoms with E-state index >= 15 is 0 Å². The highest BCUT2D eigenvalue weighted by molar-refractivity contribution is 5.96. The fraction of sp³-hybridized carbons (Fsp3) is 0.440. The van der Waals surface area contributed by atoms with Gasteiger partial charge in [-0.3, -0.25) is 14.8 Å². The van der Waals surface area contributed by atoms with Crippen LogP contribution in [0.25, 0.3) is 22.0 Å². The molecule has 1 aliphatic carbocycles. The number of hydrogen-bond donors (Lipinski definition) is 2. The number of amides is 1. The largest absolute Gasteiger partial charge is 0.387 e. The Morgan fingerprint density at radius 3 is 2.62 bits per heavy atom. The van der Waals surface area contributed by atoms with Gasteiger partial charge in [-0.25, -0.2) is 4.98 Å². The molecule has 0 aromatic carbocycles. The molecule has 32 heavy (non-hydrogen) atoms. The lowest BCUT2D eigenvalue weighted by Gasteiger charge is -2.12. The second-order valence-electron chi connectivity index (χ2n) is 9.07. The van der Waals surface area contributed by atoms with Gasteiger partial charge in [0.25, 0.3) is 0 Å². The van der Waals surface area contributed by atoms with Crippen LogP contribution >= 0.6 is 0 Å². The zero-order valence-corrected chi connectivity index (χ0v) is 19.2. The molecule has 3 aromatic rings. The van der Waals surface area contributed by atoms with Gasteiger partial charge in [-0.05, 0) is 63.5 Å². The smallest absolute Gasteiger partial charge is 0.228 e. The first-order valence-electron chi connectivity index (χ1n) is 11.2. The molecule has 0 spiro atoms. The Balaban J connectivity index is 1.49. The molecule has 2 N–H and O–H groups in total. The summed E-state index contributed by atoms with van der Waals surface area (Å²) < 4.78 is 0. The van der Waals surface area contributed by atoms with Gasteiger partial charge in [0.05, 0.1) is 17.5 Å². The Bertz CT molecular complexity index is 1130. The molecular weight excluding hydrogens is 402 g/mol. The summed E-state index contributed by atoms with van der Waals surface area (Å²) in [4.78, 5) is 28.1. The number of carbonyl (C=O) groups is 1. The molecule has 3 aromatic heterocycles. The summed E-state index contributed by atoms with van der Waals surface area (Å²) in [5.74, 6) is 1.10. The molecule has 0 saturated heterocycles. The maximum Gasteiger partial charge on any atom is 0.228 e. The third-order valence-corrected chi connectivity index (χ3v) is 6.02. The van der Waals surface area contributed by atoms with Crippen molar-refractivity contribution >= 4 is 22.5 Å². The Morgan fingerprint density at radius 2 is 1.91 bits per heavy atom. The SMILES string of the molecule is CCC[C@@H](O)c1cc(C)c(-c2cc3cnc(NC(=O)[C@@H]4C[C@H]4CN(C)C)cc3cn2)cn1. The number of hydrogen-bond acceptors (Lipinski definition) is 6. The Hall–Kier alpha value is -2.90. The zero-order valence-electron chi connectivity index (χ0n) is 19.2. The molecule has 0 unspecified atom stereocenters. The number of aliphatic hydroxyl groups excluding tert-OH is 1. The summed E-state index contributed by atoms with van der Waals surface area (Å²) in [7, 11) is 4.06. The van der Waals surface area contributed by atoms with Gasteiger partial charge in [0.15, 0.2) is 0 Å². The van der Waals surface area contributed by atoms with E-state index in [-0.39, 0.29) is 11.8 Å². The fourth-order valence-corrected chi connectivity index (χ4v) is 4.16. The van der Waals surface area contributed by atoms with Crippen molar-refractivity contribution in [1.29, 1.82) is 0 Å². The summed E-state index contributed by atoms with van der Waals surface area (Å²) in [5, 5.41) is 15.0. The van der Waals surface area contributed by atoms with Gasteiger partial charge in [0, 0.05) is 47.4 Å². The van der Waals surface area contributed by atoms with E-state index in [1.165, 1.54) is 0 Å². The normalized spacial score (nSPS) is 18.7. The first-order valence-corrected chi connectivity index (χ1v) is 11.2. The first kappa shape index (κ1) is 22.3. The van der Waals surface area contributed by atoms with E-state index in [4.69, 9.17) is 0 Å². The van der Waals surface area contributed by atoms with Crippen molar-refractivity contribution in [2.24, 2.45) is 11.8 Å². The molecule has 0 bridgehead atoms. The number of pyridine rings is 3. The average Bonchev–Trinajstić information content (AvgIpc) is 3.52. The topological polar surface area (TPSA) is 91.2 Å². The molecule has 0 aliphatic heterocycles. The number of carbonyl (C=O) groups excluding carboxylic acids is 1. The van der Waals surface area contributed by atoms with E-state index in [1.807, 2.05) is 46.1 Å². The molecule has 1 amide bonds. The van der Waals surface area contributed by atoms with Crippen LogP contribution in [0.4, 0.5) is 5.82 Å². The predicted molar refractivity (Wildman–Crippen MR) is 126 cm³/mol. The third-order valence-electron chi connectivity index (χ3n) is 6.02. The summed E-state index contributed by atoms with van der Waals surface area (Å²) in [6.45, 7) is 4.98. The average molecular weight is 434 g/mol. The lowest BCUT2D eigenvalue weighted by molar-refractivity contribution is -0.117. The lowest BCUT2D eigenvalue weighted by Crippen LogP contribution is -2.20. The number of nitrogens with one attached hydrogen (secondary N) is 1. The van der Waals surface area contributed by atoms with Crippen LogP contribution in [0.15, 0.2) is 36.8 Å². The van der Waals surface area contributed by atoms with Crippen LogP contribution in [0.2, 0.25) is 0 Å². The van der Waals surface area contributed by atoms with Gasteiger partial charge in [-0.1, -0.05) is 13.3 Å². The Kier molecular flexibility index (Phi) is 6.48. The first-order chi connectivity index (χ1) is 15.4. The number of rotatable bonds is 8. The van der Waals surface area contributed by atoms with Crippen molar-refractivity contribution in [2.45, 2.75) is 39.2 Å². The molecule has 0 radical (unpaired) electrons. The van der Waals surface area contributed by atoms with E-state index in [9.17, 15) is 9.90 Å². The van der Waals surface area contributed by atoms with E-state index in [0.29, 0.717) is 23.9 Å². The lowest BCUT2D eigenvalue weighted by atomic mass is 10.0. The number of anilines is 1. The summed E-state index contributed by atoms with van der Waals surface area (Å²) in [6.07, 6.45) is 7.34. The van der Waals surface area contributed by atoms with Gasteiger partial charge >= 0.3 is 0 Å². The van der Waals surface area contributed by atoms with E-state index in [2.05, 4.69) is 25.2 Å². The van der Waals surface area contributed by atoms with Crippen molar-refractivity contribution in [3.8, 4) is 11.3 Å². The second kappa shape index (κ2) is 9.30. The number of aliphatic hydroxyl groups is 1. The van der Waals surface area contributed by atoms with Crippen molar-refractivity contribution in [2.75, 3.05) is 26.0 Å². The number of aromatic nitrogens is 3.